The van der Waals surface area contributed by atoms with Crippen molar-refractivity contribution in [1.82, 2.24) is 20.0 Å². The Morgan fingerprint density at radius 2 is 2.23 bits per heavy atom. The molecular weight excluding hydrogens is 519 g/mol. The molecule has 1 aromatic carbocycles. The van der Waals surface area contributed by atoms with Gasteiger partial charge in [-0.3, -0.25) is 14.5 Å². The second-order valence-corrected chi connectivity index (χ2v) is 7.34. The molecule has 3 rings (SSSR count). The summed E-state index contributed by atoms with van der Waals surface area (Å²) in [7, 11) is 3.63. The number of aromatic nitrogens is 2. The summed E-state index contributed by atoms with van der Waals surface area (Å²) in [5, 5.41) is 11.0. The number of guanidine groups is 1. The van der Waals surface area contributed by atoms with Crippen LogP contribution in [0, 0.1) is 6.92 Å². The molecule has 10 heteroatoms. The molecule has 0 spiro atoms. The van der Waals surface area contributed by atoms with Crippen molar-refractivity contribution < 1.29 is 9.53 Å². The van der Waals surface area contributed by atoms with Crippen LogP contribution in [0.1, 0.15) is 23.7 Å². The molecule has 1 saturated heterocycles. The lowest BCUT2D eigenvalue weighted by molar-refractivity contribution is -0.116. The Morgan fingerprint density at radius 1 is 1.43 bits per heavy atom. The van der Waals surface area contributed by atoms with E-state index in [1.807, 2.05) is 38.5 Å². The highest BCUT2D eigenvalue weighted by atomic mass is 127. The molecule has 2 heterocycles. The van der Waals surface area contributed by atoms with Crippen LogP contribution in [0.3, 0.4) is 0 Å². The minimum Gasteiger partial charge on any atom is -0.370 e. The van der Waals surface area contributed by atoms with Crippen LogP contribution in [-0.2, 0) is 16.6 Å². The number of ether oxygens (including phenoxy) is 1. The molecule has 1 aromatic heterocycles. The maximum absolute atomic E-state index is 12.3. The molecule has 8 nitrogen and oxygen atoms in total. The third kappa shape index (κ3) is 6.32. The number of anilines is 1. The number of rotatable bonds is 5. The van der Waals surface area contributed by atoms with Gasteiger partial charge in [0.2, 0.25) is 5.91 Å². The Balaban J connectivity index is 0.00000320. The monoisotopic (exact) mass is 546 g/mol. The summed E-state index contributed by atoms with van der Waals surface area (Å²) in [4.78, 5) is 18.8. The number of morpholine rings is 1. The van der Waals surface area contributed by atoms with Crippen LogP contribution in [0.25, 0.3) is 0 Å². The Kier molecular flexibility index (Phi) is 9.37. The summed E-state index contributed by atoms with van der Waals surface area (Å²) in [5.41, 5.74) is 2.64. The van der Waals surface area contributed by atoms with E-state index in [-0.39, 0.29) is 36.0 Å². The summed E-state index contributed by atoms with van der Waals surface area (Å²) < 4.78 is 7.65. The van der Waals surface area contributed by atoms with Crippen LogP contribution in [0.5, 0.6) is 0 Å². The van der Waals surface area contributed by atoms with Crippen LogP contribution in [-0.4, -0.2) is 59.8 Å². The summed E-state index contributed by atoms with van der Waals surface area (Å²) >= 11 is 6.11. The van der Waals surface area contributed by atoms with Crippen LogP contribution < -0.4 is 10.6 Å². The first kappa shape index (κ1) is 24.4. The molecule has 0 aliphatic carbocycles. The van der Waals surface area contributed by atoms with Gasteiger partial charge in [0.1, 0.15) is 6.10 Å². The zero-order valence-corrected chi connectivity index (χ0v) is 20.5. The van der Waals surface area contributed by atoms with Crippen molar-refractivity contribution in [1.29, 1.82) is 0 Å². The average molecular weight is 547 g/mol. The highest BCUT2D eigenvalue weighted by Crippen LogP contribution is 2.23. The van der Waals surface area contributed by atoms with Gasteiger partial charge in [-0.2, -0.15) is 5.10 Å². The zero-order chi connectivity index (χ0) is 20.8. The summed E-state index contributed by atoms with van der Waals surface area (Å²) in [6.45, 7) is 4.39. The van der Waals surface area contributed by atoms with E-state index in [0.29, 0.717) is 31.1 Å². The van der Waals surface area contributed by atoms with Gasteiger partial charge in [-0.05, 0) is 24.6 Å². The molecule has 2 aromatic rings. The maximum atomic E-state index is 12.3. The number of aliphatic imine (C=N–C) groups is 1. The molecule has 1 amide bonds. The van der Waals surface area contributed by atoms with Crippen LogP contribution in [0.4, 0.5) is 5.69 Å². The van der Waals surface area contributed by atoms with Crippen molar-refractivity contribution in [2.75, 3.05) is 38.6 Å². The van der Waals surface area contributed by atoms with E-state index in [0.717, 1.165) is 29.3 Å². The fraction of sp³-hybridized carbons (Fsp3) is 0.450. The lowest BCUT2D eigenvalue weighted by atomic mass is 10.1. The van der Waals surface area contributed by atoms with Gasteiger partial charge in [0, 0.05) is 56.1 Å². The van der Waals surface area contributed by atoms with Gasteiger partial charge in [-0.1, -0.05) is 17.7 Å². The van der Waals surface area contributed by atoms with Gasteiger partial charge < -0.3 is 20.3 Å². The highest BCUT2D eigenvalue weighted by molar-refractivity contribution is 14.0. The third-order valence-electron chi connectivity index (χ3n) is 4.85. The normalized spacial score (nSPS) is 16.7. The van der Waals surface area contributed by atoms with Crippen LogP contribution in [0.15, 0.2) is 35.6 Å². The van der Waals surface area contributed by atoms with E-state index in [4.69, 9.17) is 16.3 Å². The summed E-state index contributed by atoms with van der Waals surface area (Å²) in [6.07, 6.45) is 4.06. The first-order chi connectivity index (χ1) is 14.0. The number of halogens is 2. The van der Waals surface area contributed by atoms with E-state index in [1.54, 1.807) is 17.8 Å². The van der Waals surface area contributed by atoms with E-state index in [2.05, 4.69) is 25.6 Å². The molecule has 1 atom stereocenters. The lowest BCUT2D eigenvalue weighted by Crippen LogP contribution is -2.48. The van der Waals surface area contributed by atoms with Crippen molar-refractivity contribution in [2.45, 2.75) is 19.4 Å². The van der Waals surface area contributed by atoms with E-state index >= 15 is 0 Å². The standard InChI is InChI=1S/C20H27ClN6O2.HI/c1-14-16(21)5-4-6-17(14)25-19(28)7-8-23-20(22-2)27-9-10-29-18(13-27)15-11-24-26(3)12-15;/h4-6,11-12,18H,7-10,13H2,1-3H3,(H,22,23)(H,25,28);1H. The molecule has 1 unspecified atom stereocenters. The topological polar surface area (TPSA) is 83.8 Å². The number of nitrogens with one attached hydrogen (secondary N) is 2. The Labute approximate surface area is 199 Å². The Bertz CT molecular complexity index is 888. The minimum absolute atomic E-state index is 0. The zero-order valence-electron chi connectivity index (χ0n) is 17.4. The first-order valence-electron chi connectivity index (χ1n) is 9.58. The number of hydrogen-bond donors (Lipinski definition) is 2. The minimum atomic E-state index is -0.0754. The van der Waals surface area contributed by atoms with Crippen molar-refractivity contribution >= 4 is 53.1 Å². The molecule has 0 saturated carbocycles. The highest BCUT2D eigenvalue weighted by Gasteiger charge is 2.25. The third-order valence-corrected chi connectivity index (χ3v) is 5.26. The molecule has 0 radical (unpaired) electrons. The average Bonchev–Trinajstić information content (AvgIpc) is 3.15. The largest absolute Gasteiger partial charge is 0.370 e. The van der Waals surface area contributed by atoms with E-state index in [9.17, 15) is 4.79 Å². The van der Waals surface area contributed by atoms with Gasteiger partial charge in [0.05, 0.1) is 19.3 Å². The van der Waals surface area contributed by atoms with Gasteiger partial charge >= 0.3 is 0 Å². The molecule has 0 bridgehead atoms. The number of nitrogens with zero attached hydrogens (tertiary/aromatic N) is 4. The fourth-order valence-corrected chi connectivity index (χ4v) is 3.40. The Hall–Kier alpha value is -1.85. The Morgan fingerprint density at radius 3 is 2.93 bits per heavy atom. The van der Waals surface area contributed by atoms with Crippen molar-refractivity contribution in [3.63, 3.8) is 0 Å². The molecule has 164 valence electrons. The second kappa shape index (κ2) is 11.5. The predicted molar refractivity (Wildman–Crippen MR) is 130 cm³/mol. The number of aryl methyl sites for hydroxylation is 1. The van der Waals surface area contributed by atoms with Crippen molar-refractivity contribution in [2.24, 2.45) is 12.0 Å². The van der Waals surface area contributed by atoms with Gasteiger partial charge in [0.25, 0.3) is 0 Å². The van der Waals surface area contributed by atoms with Gasteiger partial charge in [-0.15, -0.1) is 24.0 Å². The molecule has 2 N–H and O–H groups in total. The van der Waals surface area contributed by atoms with Crippen molar-refractivity contribution in [3.05, 3.63) is 46.7 Å². The number of benzene rings is 1. The van der Waals surface area contributed by atoms with E-state index < -0.39 is 0 Å². The predicted octanol–water partition coefficient (Wildman–Crippen LogP) is 2.98. The van der Waals surface area contributed by atoms with Crippen LogP contribution >= 0.6 is 35.6 Å². The maximum Gasteiger partial charge on any atom is 0.226 e. The quantitative estimate of drug-likeness (QED) is 0.342. The van der Waals surface area contributed by atoms with E-state index in [1.165, 1.54) is 0 Å². The molecule has 1 fully saturated rings. The number of carbonyl (C=O) groups excluding carboxylic acids is 1. The molecule has 30 heavy (non-hydrogen) atoms. The molecule has 1 aliphatic rings. The summed E-state index contributed by atoms with van der Waals surface area (Å²) in [6, 6.07) is 5.47. The number of carbonyl (C=O) groups is 1. The van der Waals surface area contributed by atoms with Gasteiger partial charge in [-0.25, -0.2) is 0 Å². The van der Waals surface area contributed by atoms with Crippen LogP contribution in [0.2, 0.25) is 5.02 Å². The molecule has 1 aliphatic heterocycles. The number of amides is 1. The van der Waals surface area contributed by atoms with Gasteiger partial charge in [0.15, 0.2) is 5.96 Å². The lowest BCUT2D eigenvalue weighted by Gasteiger charge is -2.34. The number of hydrogen-bond acceptors (Lipinski definition) is 4. The fourth-order valence-electron chi connectivity index (χ4n) is 3.23. The summed E-state index contributed by atoms with van der Waals surface area (Å²) in [5.74, 6) is 0.683. The smallest absolute Gasteiger partial charge is 0.226 e. The first-order valence-corrected chi connectivity index (χ1v) is 9.96. The van der Waals surface area contributed by atoms with Crippen molar-refractivity contribution in [3.8, 4) is 0 Å². The molecular formula is C20H28ClIN6O2. The second-order valence-electron chi connectivity index (χ2n) is 6.94. The SMILES string of the molecule is CN=C(NCCC(=O)Nc1cccc(Cl)c1C)N1CCOC(c2cnn(C)c2)C1.I.